The van der Waals surface area contributed by atoms with Crippen molar-refractivity contribution in [2.75, 3.05) is 6.61 Å². The lowest BCUT2D eigenvalue weighted by atomic mass is 10.2. The van der Waals surface area contributed by atoms with E-state index in [1.165, 1.54) is 5.57 Å². The van der Waals surface area contributed by atoms with Crippen molar-refractivity contribution >= 4 is 0 Å². The standard InChI is InChI=1S/C9H12O.2C2H6/c1-3-5-8-6-7-10-9(8)4-2;2*1-2/h3-5H,2,6-7H2,1H3;2*1-2H3/b5-3-;;. The molecular weight excluding hydrogens is 172 g/mol. The Hall–Kier alpha value is -0.980. The van der Waals surface area contributed by atoms with E-state index in [1.54, 1.807) is 6.08 Å². The molecule has 0 saturated heterocycles. The predicted octanol–water partition coefficient (Wildman–Crippen LogP) is 4.48. The first kappa shape index (κ1) is 15.5. The normalized spacial score (nSPS) is 13.8. The Morgan fingerprint density at radius 3 is 2.21 bits per heavy atom. The van der Waals surface area contributed by atoms with Gasteiger partial charge in [-0.2, -0.15) is 0 Å². The third-order valence-electron chi connectivity index (χ3n) is 1.50. The summed E-state index contributed by atoms with van der Waals surface area (Å²) in [5, 5.41) is 0. The summed E-state index contributed by atoms with van der Waals surface area (Å²) in [6, 6.07) is 0. The summed E-state index contributed by atoms with van der Waals surface area (Å²) in [6.45, 7) is 14.5. The van der Waals surface area contributed by atoms with Crippen LogP contribution in [0.1, 0.15) is 41.0 Å². The average Bonchev–Trinajstić information content (AvgIpc) is 2.72. The molecule has 0 aromatic rings. The second-order valence-corrected chi connectivity index (χ2v) is 2.19. The highest BCUT2D eigenvalue weighted by atomic mass is 16.5. The van der Waals surface area contributed by atoms with E-state index in [0.29, 0.717) is 0 Å². The molecule has 14 heavy (non-hydrogen) atoms. The fourth-order valence-corrected chi connectivity index (χ4v) is 1.04. The first-order chi connectivity index (χ1) is 6.88. The molecule has 1 aliphatic rings. The number of rotatable bonds is 2. The van der Waals surface area contributed by atoms with Crippen LogP contribution in [-0.2, 0) is 4.74 Å². The van der Waals surface area contributed by atoms with Gasteiger partial charge in [-0.25, -0.2) is 0 Å². The summed E-state index contributed by atoms with van der Waals surface area (Å²) in [6.07, 6.45) is 6.88. The van der Waals surface area contributed by atoms with Crippen molar-refractivity contribution in [2.45, 2.75) is 41.0 Å². The lowest BCUT2D eigenvalue weighted by molar-refractivity contribution is 0.257. The van der Waals surface area contributed by atoms with Crippen LogP contribution in [0.5, 0.6) is 0 Å². The molecule has 0 saturated carbocycles. The molecule has 0 aliphatic carbocycles. The largest absolute Gasteiger partial charge is 0.493 e. The van der Waals surface area contributed by atoms with Gasteiger partial charge in [-0.15, -0.1) is 0 Å². The minimum atomic E-state index is 0.807. The molecule has 1 rings (SSSR count). The minimum Gasteiger partial charge on any atom is -0.493 e. The molecule has 1 aliphatic heterocycles. The van der Waals surface area contributed by atoms with E-state index in [2.05, 4.69) is 12.7 Å². The van der Waals surface area contributed by atoms with Gasteiger partial charge in [-0.1, -0.05) is 46.4 Å². The zero-order valence-electron chi connectivity index (χ0n) is 10.3. The van der Waals surface area contributed by atoms with Crippen LogP contribution in [0.3, 0.4) is 0 Å². The van der Waals surface area contributed by atoms with Gasteiger partial charge in [0.1, 0.15) is 5.76 Å². The molecule has 0 aromatic heterocycles. The van der Waals surface area contributed by atoms with Crippen LogP contribution >= 0.6 is 0 Å². The molecular formula is C13H24O. The molecule has 0 N–H and O–H groups in total. The molecule has 1 heterocycles. The smallest absolute Gasteiger partial charge is 0.122 e. The predicted molar refractivity (Wildman–Crippen MR) is 65.3 cm³/mol. The van der Waals surface area contributed by atoms with Gasteiger partial charge in [0.05, 0.1) is 6.61 Å². The highest BCUT2D eigenvalue weighted by molar-refractivity contribution is 5.30. The Labute approximate surface area is 89.2 Å². The highest BCUT2D eigenvalue weighted by Crippen LogP contribution is 2.20. The van der Waals surface area contributed by atoms with Crippen molar-refractivity contribution in [2.24, 2.45) is 0 Å². The van der Waals surface area contributed by atoms with Gasteiger partial charge in [-0.3, -0.25) is 0 Å². The maximum Gasteiger partial charge on any atom is 0.122 e. The van der Waals surface area contributed by atoms with Crippen molar-refractivity contribution in [1.29, 1.82) is 0 Å². The Balaban J connectivity index is 0. The van der Waals surface area contributed by atoms with Gasteiger partial charge >= 0.3 is 0 Å². The Morgan fingerprint density at radius 1 is 1.21 bits per heavy atom. The fourth-order valence-electron chi connectivity index (χ4n) is 1.04. The molecule has 0 bridgehead atoms. The van der Waals surface area contributed by atoms with Crippen LogP contribution in [0.4, 0.5) is 0 Å². The molecule has 1 heteroatoms. The summed E-state index contributed by atoms with van der Waals surface area (Å²) in [7, 11) is 0. The quantitative estimate of drug-likeness (QED) is 0.633. The van der Waals surface area contributed by atoms with Crippen LogP contribution in [-0.4, -0.2) is 6.61 Å². The second-order valence-electron chi connectivity index (χ2n) is 2.19. The van der Waals surface area contributed by atoms with E-state index in [0.717, 1.165) is 18.8 Å². The summed E-state index contributed by atoms with van der Waals surface area (Å²) >= 11 is 0. The second kappa shape index (κ2) is 12.0. The average molecular weight is 196 g/mol. The molecule has 0 fully saturated rings. The fraction of sp³-hybridized carbons (Fsp3) is 0.538. The lowest BCUT2D eigenvalue weighted by Gasteiger charge is -1.94. The zero-order chi connectivity index (χ0) is 11.4. The van der Waals surface area contributed by atoms with E-state index >= 15 is 0 Å². The Morgan fingerprint density at radius 2 is 1.79 bits per heavy atom. The van der Waals surface area contributed by atoms with Crippen molar-refractivity contribution in [3.05, 3.63) is 36.1 Å². The minimum absolute atomic E-state index is 0.807. The molecule has 0 aromatic carbocycles. The first-order valence-corrected chi connectivity index (χ1v) is 5.49. The zero-order valence-corrected chi connectivity index (χ0v) is 10.3. The van der Waals surface area contributed by atoms with Crippen molar-refractivity contribution < 1.29 is 4.74 Å². The van der Waals surface area contributed by atoms with E-state index in [4.69, 9.17) is 4.74 Å². The van der Waals surface area contributed by atoms with Crippen LogP contribution in [0.25, 0.3) is 0 Å². The first-order valence-electron chi connectivity index (χ1n) is 5.49. The highest BCUT2D eigenvalue weighted by Gasteiger charge is 2.08. The van der Waals surface area contributed by atoms with Gasteiger partial charge in [0, 0.05) is 6.42 Å². The SMILES string of the molecule is C=CC1=C(/C=C\C)CCO1.CC.CC. The summed E-state index contributed by atoms with van der Waals surface area (Å²) in [4.78, 5) is 0. The summed E-state index contributed by atoms with van der Waals surface area (Å²) < 4.78 is 5.28. The third-order valence-corrected chi connectivity index (χ3v) is 1.50. The molecule has 82 valence electrons. The molecule has 0 atom stereocenters. The molecule has 0 radical (unpaired) electrons. The van der Waals surface area contributed by atoms with Gasteiger partial charge < -0.3 is 4.74 Å². The number of hydrogen-bond acceptors (Lipinski definition) is 1. The van der Waals surface area contributed by atoms with E-state index in [1.807, 2.05) is 40.7 Å². The Bertz CT molecular complexity index is 187. The van der Waals surface area contributed by atoms with Gasteiger partial charge in [0.15, 0.2) is 0 Å². The van der Waals surface area contributed by atoms with Crippen LogP contribution in [0, 0.1) is 0 Å². The number of hydrogen-bond donors (Lipinski definition) is 0. The monoisotopic (exact) mass is 196 g/mol. The summed E-state index contributed by atoms with van der Waals surface area (Å²) in [5.41, 5.74) is 1.26. The van der Waals surface area contributed by atoms with Crippen LogP contribution in [0.2, 0.25) is 0 Å². The van der Waals surface area contributed by atoms with Gasteiger partial charge in [0.25, 0.3) is 0 Å². The van der Waals surface area contributed by atoms with Crippen molar-refractivity contribution in [3.63, 3.8) is 0 Å². The topological polar surface area (TPSA) is 9.23 Å². The van der Waals surface area contributed by atoms with Crippen molar-refractivity contribution in [3.8, 4) is 0 Å². The van der Waals surface area contributed by atoms with Crippen molar-refractivity contribution in [1.82, 2.24) is 0 Å². The van der Waals surface area contributed by atoms with Crippen LogP contribution in [0.15, 0.2) is 36.1 Å². The van der Waals surface area contributed by atoms with Gasteiger partial charge in [0.2, 0.25) is 0 Å². The summed E-state index contributed by atoms with van der Waals surface area (Å²) in [5.74, 6) is 0.943. The number of ether oxygens (including phenoxy) is 1. The van der Waals surface area contributed by atoms with Gasteiger partial charge in [-0.05, 0) is 18.6 Å². The third kappa shape index (κ3) is 5.63. The van der Waals surface area contributed by atoms with Crippen LogP contribution < -0.4 is 0 Å². The van der Waals surface area contributed by atoms with E-state index < -0.39 is 0 Å². The maximum absolute atomic E-state index is 5.28. The lowest BCUT2D eigenvalue weighted by Crippen LogP contribution is -1.78. The number of allylic oxidation sites excluding steroid dienone is 3. The molecule has 1 nitrogen and oxygen atoms in total. The maximum atomic E-state index is 5.28. The Kier molecular flexibility index (Phi) is 13.3. The molecule has 0 amide bonds. The molecule has 0 spiro atoms. The molecule has 0 unspecified atom stereocenters. The van der Waals surface area contributed by atoms with E-state index in [-0.39, 0.29) is 0 Å². The van der Waals surface area contributed by atoms with E-state index in [9.17, 15) is 0 Å².